The van der Waals surface area contributed by atoms with Gasteiger partial charge in [0.15, 0.2) is 5.82 Å². The summed E-state index contributed by atoms with van der Waals surface area (Å²) in [6.45, 7) is 1.91. The number of methoxy groups -OCH3 is 1. The van der Waals surface area contributed by atoms with Gasteiger partial charge in [0.05, 0.1) is 25.1 Å². The number of ether oxygens (including phenoxy) is 1. The molecule has 0 fully saturated rings. The molecule has 0 aliphatic carbocycles. The number of aromatic nitrogens is 3. The predicted molar refractivity (Wildman–Crippen MR) is 77.1 cm³/mol. The molecule has 0 spiro atoms. The number of carbonyl (C=O) groups is 1. The fraction of sp³-hybridized carbons (Fsp3) is 0.357. The zero-order valence-corrected chi connectivity index (χ0v) is 12.4. The summed E-state index contributed by atoms with van der Waals surface area (Å²) in [5.74, 6) is 1.49. The van der Waals surface area contributed by atoms with E-state index >= 15 is 0 Å². The third kappa shape index (κ3) is 2.85. The Morgan fingerprint density at radius 2 is 2.29 bits per heavy atom. The van der Waals surface area contributed by atoms with Gasteiger partial charge in [0, 0.05) is 13.1 Å². The molecule has 2 heterocycles. The number of carbonyl (C=O) groups excluding carboxylic acids is 1. The van der Waals surface area contributed by atoms with Crippen molar-refractivity contribution in [3.05, 3.63) is 40.9 Å². The summed E-state index contributed by atoms with van der Waals surface area (Å²) in [5, 5.41) is 8.39. The molecule has 0 saturated heterocycles. The maximum Gasteiger partial charge on any atom is 0.227 e. The lowest BCUT2D eigenvalue weighted by atomic mass is 10.1. The van der Waals surface area contributed by atoms with Crippen LogP contribution in [0.15, 0.2) is 24.5 Å². The lowest BCUT2D eigenvalue weighted by Gasteiger charge is -2.27. The SMILES string of the molecule is COc1ccc(CC(=O)N2CCn3cnnc3C2)cc1Cl. The van der Waals surface area contributed by atoms with E-state index in [2.05, 4.69) is 10.2 Å². The molecule has 3 rings (SSSR count). The number of nitrogens with zero attached hydrogens (tertiary/aromatic N) is 4. The Bertz CT molecular complexity index is 671. The van der Waals surface area contributed by atoms with Crippen molar-refractivity contribution in [1.29, 1.82) is 0 Å². The number of fused-ring (bicyclic) bond motifs is 1. The van der Waals surface area contributed by atoms with Crippen LogP contribution in [0.4, 0.5) is 0 Å². The van der Waals surface area contributed by atoms with Crippen LogP contribution in [-0.4, -0.2) is 39.2 Å². The van der Waals surface area contributed by atoms with Crippen LogP contribution in [0, 0.1) is 0 Å². The van der Waals surface area contributed by atoms with Gasteiger partial charge < -0.3 is 14.2 Å². The van der Waals surface area contributed by atoms with Crippen LogP contribution in [0.5, 0.6) is 5.75 Å². The number of hydrogen-bond acceptors (Lipinski definition) is 4. The van der Waals surface area contributed by atoms with Crippen LogP contribution in [0.3, 0.4) is 0 Å². The van der Waals surface area contributed by atoms with Gasteiger partial charge in [-0.05, 0) is 17.7 Å². The number of rotatable bonds is 3. The van der Waals surface area contributed by atoms with Gasteiger partial charge in [0.25, 0.3) is 0 Å². The molecule has 21 heavy (non-hydrogen) atoms. The first-order chi connectivity index (χ1) is 10.2. The summed E-state index contributed by atoms with van der Waals surface area (Å²) in [6, 6.07) is 5.40. The molecule has 0 bridgehead atoms. The summed E-state index contributed by atoms with van der Waals surface area (Å²) in [7, 11) is 1.57. The Balaban J connectivity index is 1.68. The monoisotopic (exact) mass is 306 g/mol. The molecule has 110 valence electrons. The van der Waals surface area contributed by atoms with Crippen LogP contribution in [-0.2, 0) is 24.3 Å². The van der Waals surface area contributed by atoms with E-state index in [1.807, 2.05) is 10.6 Å². The third-order valence-electron chi connectivity index (χ3n) is 3.56. The topological polar surface area (TPSA) is 60.2 Å². The van der Waals surface area contributed by atoms with E-state index in [1.54, 1.807) is 30.5 Å². The second-order valence-electron chi connectivity index (χ2n) is 4.90. The lowest BCUT2D eigenvalue weighted by Crippen LogP contribution is -2.39. The fourth-order valence-electron chi connectivity index (χ4n) is 2.39. The number of benzene rings is 1. The number of amides is 1. The van der Waals surface area contributed by atoms with E-state index in [4.69, 9.17) is 16.3 Å². The van der Waals surface area contributed by atoms with E-state index < -0.39 is 0 Å². The molecular formula is C14H15ClN4O2. The molecule has 1 amide bonds. The van der Waals surface area contributed by atoms with E-state index in [0.717, 1.165) is 17.9 Å². The summed E-state index contributed by atoms with van der Waals surface area (Å²) in [4.78, 5) is 14.2. The second-order valence-corrected chi connectivity index (χ2v) is 5.31. The van der Waals surface area contributed by atoms with Crippen molar-refractivity contribution in [3.63, 3.8) is 0 Å². The van der Waals surface area contributed by atoms with Crippen molar-refractivity contribution in [3.8, 4) is 5.75 Å². The molecular weight excluding hydrogens is 292 g/mol. The summed E-state index contributed by atoms with van der Waals surface area (Å²) in [6.07, 6.45) is 2.01. The van der Waals surface area contributed by atoms with Gasteiger partial charge in [0.2, 0.25) is 5.91 Å². The Morgan fingerprint density at radius 1 is 1.43 bits per heavy atom. The van der Waals surface area contributed by atoms with Crippen molar-refractivity contribution >= 4 is 17.5 Å². The second kappa shape index (κ2) is 5.73. The molecule has 0 atom stereocenters. The molecule has 0 saturated carbocycles. The van der Waals surface area contributed by atoms with Crippen LogP contribution < -0.4 is 4.74 Å². The highest BCUT2D eigenvalue weighted by Crippen LogP contribution is 2.25. The Morgan fingerprint density at radius 3 is 3.05 bits per heavy atom. The van der Waals surface area contributed by atoms with Crippen molar-refractivity contribution < 1.29 is 9.53 Å². The Hall–Kier alpha value is -2.08. The van der Waals surface area contributed by atoms with Gasteiger partial charge in [-0.1, -0.05) is 17.7 Å². The lowest BCUT2D eigenvalue weighted by molar-refractivity contribution is -0.132. The highest BCUT2D eigenvalue weighted by molar-refractivity contribution is 6.32. The Labute approximate surface area is 127 Å². The standard InChI is InChI=1S/C14H15ClN4O2/c1-21-12-3-2-10(6-11(12)15)7-14(20)18-4-5-19-9-16-17-13(19)8-18/h2-3,6,9H,4-5,7-8H2,1H3. The molecule has 0 unspecified atom stereocenters. The molecule has 1 aromatic heterocycles. The molecule has 1 aromatic carbocycles. The number of hydrogen-bond donors (Lipinski definition) is 0. The van der Waals surface area contributed by atoms with Gasteiger partial charge in [-0.3, -0.25) is 4.79 Å². The average Bonchev–Trinajstić information content (AvgIpc) is 2.94. The minimum Gasteiger partial charge on any atom is -0.495 e. The summed E-state index contributed by atoms with van der Waals surface area (Å²) in [5.41, 5.74) is 0.873. The van der Waals surface area contributed by atoms with E-state index in [9.17, 15) is 4.79 Å². The van der Waals surface area contributed by atoms with E-state index in [1.165, 1.54) is 0 Å². The molecule has 2 aromatic rings. The molecule has 7 heteroatoms. The average molecular weight is 307 g/mol. The van der Waals surface area contributed by atoms with Crippen LogP contribution in [0.2, 0.25) is 5.02 Å². The highest BCUT2D eigenvalue weighted by atomic mass is 35.5. The van der Waals surface area contributed by atoms with Gasteiger partial charge in [-0.15, -0.1) is 10.2 Å². The van der Waals surface area contributed by atoms with Crippen LogP contribution in [0.25, 0.3) is 0 Å². The zero-order valence-electron chi connectivity index (χ0n) is 11.6. The molecule has 6 nitrogen and oxygen atoms in total. The molecule has 1 aliphatic rings. The minimum atomic E-state index is 0.0606. The molecule has 1 aliphatic heterocycles. The predicted octanol–water partition coefficient (Wildman–Crippen LogP) is 1.52. The van der Waals surface area contributed by atoms with E-state index in [-0.39, 0.29) is 5.91 Å². The van der Waals surface area contributed by atoms with Gasteiger partial charge in [-0.25, -0.2) is 0 Å². The smallest absolute Gasteiger partial charge is 0.227 e. The summed E-state index contributed by atoms with van der Waals surface area (Å²) < 4.78 is 7.07. The Kier molecular flexibility index (Phi) is 3.79. The van der Waals surface area contributed by atoms with Gasteiger partial charge >= 0.3 is 0 Å². The third-order valence-corrected chi connectivity index (χ3v) is 3.86. The first kappa shape index (κ1) is 13.9. The maximum absolute atomic E-state index is 12.4. The minimum absolute atomic E-state index is 0.0606. The van der Waals surface area contributed by atoms with E-state index in [0.29, 0.717) is 30.3 Å². The van der Waals surface area contributed by atoms with Crippen LogP contribution in [0.1, 0.15) is 11.4 Å². The molecule has 0 N–H and O–H groups in total. The first-order valence-corrected chi connectivity index (χ1v) is 7.02. The van der Waals surface area contributed by atoms with Gasteiger partial charge in [0.1, 0.15) is 12.1 Å². The quantitative estimate of drug-likeness (QED) is 0.863. The van der Waals surface area contributed by atoms with Crippen molar-refractivity contribution in [1.82, 2.24) is 19.7 Å². The zero-order chi connectivity index (χ0) is 14.8. The fourth-order valence-corrected chi connectivity index (χ4v) is 2.67. The van der Waals surface area contributed by atoms with Gasteiger partial charge in [-0.2, -0.15) is 0 Å². The maximum atomic E-state index is 12.4. The highest BCUT2D eigenvalue weighted by Gasteiger charge is 2.22. The van der Waals surface area contributed by atoms with Crippen molar-refractivity contribution in [2.24, 2.45) is 0 Å². The van der Waals surface area contributed by atoms with Crippen LogP contribution >= 0.6 is 11.6 Å². The first-order valence-electron chi connectivity index (χ1n) is 6.64. The largest absolute Gasteiger partial charge is 0.495 e. The van der Waals surface area contributed by atoms with Crippen molar-refractivity contribution in [2.45, 2.75) is 19.5 Å². The van der Waals surface area contributed by atoms with Crippen molar-refractivity contribution in [2.75, 3.05) is 13.7 Å². The summed E-state index contributed by atoms with van der Waals surface area (Å²) >= 11 is 6.08. The molecule has 0 radical (unpaired) electrons. The number of halogens is 1. The normalized spacial score (nSPS) is 13.9.